The smallest absolute Gasteiger partial charge is 0.335 e. The molecule has 136 valence electrons. The molecule has 0 amide bonds. The maximum atomic E-state index is 11.6. The molecule has 0 aromatic heterocycles. The van der Waals surface area contributed by atoms with Crippen molar-refractivity contribution in [3.05, 3.63) is 53.6 Å². The van der Waals surface area contributed by atoms with Gasteiger partial charge in [-0.25, -0.2) is 4.79 Å². The Bertz CT molecular complexity index is 615. The zero-order valence-corrected chi connectivity index (χ0v) is 15.3. The summed E-state index contributed by atoms with van der Waals surface area (Å²) in [4.78, 5) is 11.6. The van der Waals surface area contributed by atoms with Crippen molar-refractivity contribution in [2.75, 3.05) is 0 Å². The third-order valence-corrected chi connectivity index (χ3v) is 5.29. The Hall–Kier alpha value is -1.87. The molecular formula is C22H30O3. The molecule has 3 nitrogen and oxygen atoms in total. The Labute approximate surface area is 151 Å². The van der Waals surface area contributed by atoms with Crippen molar-refractivity contribution in [3.63, 3.8) is 0 Å². The number of aliphatic hydroxyl groups is 1. The standard InChI is InChI=1S/C22H30O3/c1-16(12-14-19-10-6-7-11-21(19)23)13-15-20(22(24)25)17(2)18-8-4-3-5-9-18/h3-5,8-9,13,15-16,19,21,23H,6-7,10-12,14H2,1-2H3,(H,24,25)/b15-13+,20-17-/t16-,19?,21-/m1/s1. The van der Waals surface area contributed by atoms with E-state index in [9.17, 15) is 15.0 Å². The highest BCUT2D eigenvalue weighted by Gasteiger charge is 2.22. The lowest BCUT2D eigenvalue weighted by atomic mass is 9.82. The van der Waals surface area contributed by atoms with Crippen LogP contribution >= 0.6 is 0 Å². The molecule has 1 aromatic rings. The lowest BCUT2D eigenvalue weighted by Gasteiger charge is -2.28. The number of rotatable bonds is 7. The zero-order chi connectivity index (χ0) is 18.2. The van der Waals surface area contributed by atoms with E-state index in [1.165, 1.54) is 6.42 Å². The van der Waals surface area contributed by atoms with E-state index < -0.39 is 5.97 Å². The lowest BCUT2D eigenvalue weighted by molar-refractivity contribution is -0.132. The SMILES string of the molecule is C/C(=C(\C=C\[C@H](C)CCC1CCCC[C@H]1O)C(=O)O)c1ccccc1. The molecule has 2 N–H and O–H groups in total. The van der Waals surface area contributed by atoms with E-state index >= 15 is 0 Å². The summed E-state index contributed by atoms with van der Waals surface area (Å²) in [5, 5.41) is 19.6. The minimum atomic E-state index is -0.896. The zero-order valence-electron chi connectivity index (χ0n) is 15.3. The first-order valence-electron chi connectivity index (χ1n) is 9.35. The van der Waals surface area contributed by atoms with Gasteiger partial charge >= 0.3 is 5.97 Å². The molecule has 0 spiro atoms. The molecule has 1 aliphatic carbocycles. The fourth-order valence-corrected chi connectivity index (χ4v) is 3.56. The molecule has 3 heteroatoms. The number of carboxylic acid groups (broad SMARTS) is 1. The highest BCUT2D eigenvalue weighted by molar-refractivity contribution is 5.98. The number of hydrogen-bond acceptors (Lipinski definition) is 2. The molecule has 0 saturated heterocycles. The summed E-state index contributed by atoms with van der Waals surface area (Å²) in [5.74, 6) is -0.190. The molecular weight excluding hydrogens is 312 g/mol. The summed E-state index contributed by atoms with van der Waals surface area (Å²) in [5.41, 5.74) is 2.05. The van der Waals surface area contributed by atoms with Gasteiger partial charge in [-0.3, -0.25) is 0 Å². The number of aliphatic hydroxyl groups excluding tert-OH is 1. The van der Waals surface area contributed by atoms with Crippen LogP contribution in [0.4, 0.5) is 0 Å². The van der Waals surface area contributed by atoms with Gasteiger partial charge in [0.2, 0.25) is 0 Å². The maximum Gasteiger partial charge on any atom is 0.335 e. The van der Waals surface area contributed by atoms with Crippen LogP contribution in [0.25, 0.3) is 5.57 Å². The van der Waals surface area contributed by atoms with Crippen LogP contribution in [-0.2, 0) is 4.79 Å². The Kier molecular flexibility index (Phi) is 7.45. The van der Waals surface area contributed by atoms with Crippen LogP contribution in [0.1, 0.15) is 57.9 Å². The van der Waals surface area contributed by atoms with Gasteiger partial charge < -0.3 is 10.2 Å². The Morgan fingerprint density at radius 1 is 1.24 bits per heavy atom. The number of hydrogen-bond donors (Lipinski definition) is 2. The fraction of sp³-hybridized carbons (Fsp3) is 0.500. The summed E-state index contributed by atoms with van der Waals surface area (Å²) in [6, 6.07) is 9.62. The second-order valence-corrected chi connectivity index (χ2v) is 7.24. The third-order valence-electron chi connectivity index (χ3n) is 5.29. The van der Waals surface area contributed by atoms with Crippen LogP contribution in [0.2, 0.25) is 0 Å². The first-order valence-corrected chi connectivity index (χ1v) is 9.35. The van der Waals surface area contributed by atoms with Crippen molar-refractivity contribution < 1.29 is 15.0 Å². The van der Waals surface area contributed by atoms with Crippen molar-refractivity contribution in [2.24, 2.45) is 11.8 Å². The lowest BCUT2D eigenvalue weighted by Crippen LogP contribution is -2.24. The number of benzene rings is 1. The van der Waals surface area contributed by atoms with Crippen molar-refractivity contribution in [2.45, 2.75) is 58.5 Å². The highest BCUT2D eigenvalue weighted by atomic mass is 16.4. The van der Waals surface area contributed by atoms with Gasteiger partial charge in [-0.15, -0.1) is 0 Å². The molecule has 0 bridgehead atoms. The summed E-state index contributed by atoms with van der Waals surface area (Å²) < 4.78 is 0. The Balaban J connectivity index is 2.00. The molecule has 1 aromatic carbocycles. The topological polar surface area (TPSA) is 57.5 Å². The molecule has 3 atom stereocenters. The van der Waals surface area contributed by atoms with Gasteiger partial charge in [-0.2, -0.15) is 0 Å². The quantitative estimate of drug-likeness (QED) is 0.537. The van der Waals surface area contributed by atoms with Crippen molar-refractivity contribution >= 4 is 11.5 Å². The molecule has 0 aliphatic heterocycles. The predicted octanol–water partition coefficient (Wildman–Crippen LogP) is 5.07. The second-order valence-electron chi connectivity index (χ2n) is 7.24. The van der Waals surface area contributed by atoms with Gasteiger partial charge in [0.05, 0.1) is 11.7 Å². The number of allylic oxidation sites excluding steroid dienone is 2. The monoisotopic (exact) mass is 342 g/mol. The third kappa shape index (κ3) is 5.86. The predicted molar refractivity (Wildman–Crippen MR) is 102 cm³/mol. The first-order chi connectivity index (χ1) is 12.0. The molecule has 0 heterocycles. The van der Waals surface area contributed by atoms with Crippen LogP contribution in [-0.4, -0.2) is 22.3 Å². The number of carbonyl (C=O) groups is 1. The van der Waals surface area contributed by atoms with E-state index in [-0.39, 0.29) is 6.10 Å². The van der Waals surface area contributed by atoms with Crippen molar-refractivity contribution in [1.82, 2.24) is 0 Å². The molecule has 2 rings (SSSR count). The highest BCUT2D eigenvalue weighted by Crippen LogP contribution is 2.29. The molecule has 25 heavy (non-hydrogen) atoms. The first kappa shape index (κ1) is 19.5. The van der Waals surface area contributed by atoms with Gasteiger partial charge in [0.15, 0.2) is 0 Å². The number of carboxylic acids is 1. The minimum absolute atomic E-state index is 0.153. The largest absolute Gasteiger partial charge is 0.478 e. The number of aliphatic carboxylic acids is 1. The van der Waals surface area contributed by atoms with E-state index in [4.69, 9.17) is 0 Å². The van der Waals surface area contributed by atoms with Gasteiger partial charge in [-0.05, 0) is 55.6 Å². The summed E-state index contributed by atoms with van der Waals surface area (Å²) in [6.07, 6.45) is 9.97. The van der Waals surface area contributed by atoms with Crippen molar-refractivity contribution in [3.8, 4) is 0 Å². The average Bonchev–Trinajstić information content (AvgIpc) is 2.61. The summed E-state index contributed by atoms with van der Waals surface area (Å²) in [6.45, 7) is 3.97. The second kappa shape index (κ2) is 9.57. The van der Waals surface area contributed by atoms with E-state index in [1.807, 2.05) is 43.3 Å². The van der Waals surface area contributed by atoms with E-state index in [0.717, 1.165) is 43.2 Å². The average molecular weight is 342 g/mol. The van der Waals surface area contributed by atoms with Gasteiger partial charge in [0.1, 0.15) is 0 Å². The van der Waals surface area contributed by atoms with Crippen LogP contribution in [0, 0.1) is 11.8 Å². The molecule has 0 radical (unpaired) electrons. The van der Waals surface area contributed by atoms with E-state index in [0.29, 0.717) is 17.4 Å². The van der Waals surface area contributed by atoms with Gasteiger partial charge in [-0.1, -0.05) is 62.2 Å². The van der Waals surface area contributed by atoms with Crippen LogP contribution in [0.15, 0.2) is 48.1 Å². The molecule has 1 fully saturated rings. The fourth-order valence-electron chi connectivity index (χ4n) is 3.56. The summed E-state index contributed by atoms with van der Waals surface area (Å²) in [7, 11) is 0. The molecule has 1 aliphatic rings. The minimum Gasteiger partial charge on any atom is -0.478 e. The Morgan fingerprint density at radius 3 is 2.56 bits per heavy atom. The molecule has 1 unspecified atom stereocenters. The normalized spacial score (nSPS) is 23.3. The summed E-state index contributed by atoms with van der Waals surface area (Å²) >= 11 is 0. The van der Waals surface area contributed by atoms with E-state index in [1.54, 1.807) is 6.08 Å². The maximum absolute atomic E-state index is 11.6. The van der Waals surface area contributed by atoms with Crippen LogP contribution < -0.4 is 0 Å². The van der Waals surface area contributed by atoms with Gasteiger partial charge in [0, 0.05) is 0 Å². The van der Waals surface area contributed by atoms with E-state index in [2.05, 4.69) is 6.92 Å². The van der Waals surface area contributed by atoms with Gasteiger partial charge in [0.25, 0.3) is 0 Å². The molecule has 1 saturated carbocycles. The van der Waals surface area contributed by atoms with Crippen LogP contribution in [0.5, 0.6) is 0 Å². The van der Waals surface area contributed by atoms with Crippen LogP contribution in [0.3, 0.4) is 0 Å². The van der Waals surface area contributed by atoms with Crippen molar-refractivity contribution in [1.29, 1.82) is 0 Å². The Morgan fingerprint density at radius 2 is 1.92 bits per heavy atom.